The van der Waals surface area contributed by atoms with Gasteiger partial charge in [-0.15, -0.1) is 0 Å². The summed E-state index contributed by atoms with van der Waals surface area (Å²) in [5.74, 6) is -1.36. The minimum atomic E-state index is -0.910. The molecule has 22 heavy (non-hydrogen) atoms. The molecule has 0 saturated heterocycles. The molecular weight excluding hydrogens is 288 g/mol. The van der Waals surface area contributed by atoms with E-state index in [4.69, 9.17) is 15.6 Å². The molecule has 0 heterocycles. The van der Waals surface area contributed by atoms with E-state index in [1.165, 1.54) is 12.1 Å². The number of carbonyl (C=O) groups excluding carboxylic acids is 2. The third-order valence-electron chi connectivity index (χ3n) is 3.16. The molecule has 120 valence electrons. The van der Waals surface area contributed by atoms with Crippen molar-refractivity contribution in [3.8, 4) is 5.75 Å². The summed E-state index contributed by atoms with van der Waals surface area (Å²) in [6.45, 7) is 3.25. The molecule has 0 fully saturated rings. The number of carbonyl (C=O) groups is 3. The fourth-order valence-corrected chi connectivity index (χ4v) is 1.54. The number of nitrogens with two attached hydrogens (primary N) is 1. The van der Waals surface area contributed by atoms with E-state index in [-0.39, 0.29) is 19.1 Å². The van der Waals surface area contributed by atoms with Crippen LogP contribution in [0.5, 0.6) is 5.75 Å². The Balaban J connectivity index is 2.34. The fraction of sp³-hybridized carbons (Fsp3) is 0.400. The Hall–Kier alpha value is -2.57. The van der Waals surface area contributed by atoms with Gasteiger partial charge in [0, 0.05) is 12.1 Å². The fourth-order valence-electron chi connectivity index (χ4n) is 1.54. The van der Waals surface area contributed by atoms with Gasteiger partial charge in [0.25, 0.3) is 5.91 Å². The van der Waals surface area contributed by atoms with E-state index >= 15 is 0 Å². The van der Waals surface area contributed by atoms with Crippen molar-refractivity contribution in [2.75, 3.05) is 13.2 Å². The van der Waals surface area contributed by atoms with Gasteiger partial charge in [-0.2, -0.15) is 0 Å². The predicted octanol–water partition coefficient (Wildman–Crippen LogP) is 0.781. The Morgan fingerprint density at radius 1 is 1.23 bits per heavy atom. The van der Waals surface area contributed by atoms with Crippen LogP contribution in [0.4, 0.5) is 0 Å². The minimum Gasteiger partial charge on any atom is -0.484 e. The van der Waals surface area contributed by atoms with Crippen LogP contribution in [0.2, 0.25) is 0 Å². The second kappa shape index (κ2) is 7.44. The van der Waals surface area contributed by atoms with Gasteiger partial charge in [0.2, 0.25) is 5.91 Å². The van der Waals surface area contributed by atoms with Gasteiger partial charge in [0.15, 0.2) is 6.61 Å². The Morgan fingerprint density at radius 3 is 2.32 bits per heavy atom. The molecule has 0 aliphatic rings. The molecule has 0 bridgehead atoms. The standard InChI is InChI=1S/C15H20N2O5/c1-15(2,14(20)21)7-8-17-12(18)9-22-11-5-3-10(4-6-11)13(16)19/h3-6H,7-9H2,1-2H3,(H2,16,19)(H,17,18)(H,20,21). The van der Waals surface area contributed by atoms with Gasteiger partial charge in [-0.3, -0.25) is 14.4 Å². The highest BCUT2D eigenvalue weighted by Gasteiger charge is 2.26. The van der Waals surface area contributed by atoms with Crippen molar-refractivity contribution >= 4 is 17.8 Å². The maximum atomic E-state index is 11.6. The number of ether oxygens (including phenoxy) is 1. The zero-order valence-electron chi connectivity index (χ0n) is 12.6. The third-order valence-corrected chi connectivity index (χ3v) is 3.16. The van der Waals surface area contributed by atoms with Gasteiger partial charge >= 0.3 is 5.97 Å². The Kier molecular flexibility index (Phi) is 5.91. The predicted molar refractivity (Wildman–Crippen MR) is 79.5 cm³/mol. The number of rotatable bonds is 8. The maximum absolute atomic E-state index is 11.6. The van der Waals surface area contributed by atoms with Gasteiger partial charge in [-0.1, -0.05) is 0 Å². The lowest BCUT2D eigenvalue weighted by Crippen LogP contribution is -2.34. The van der Waals surface area contributed by atoms with Crippen molar-refractivity contribution in [1.29, 1.82) is 0 Å². The highest BCUT2D eigenvalue weighted by molar-refractivity contribution is 5.92. The summed E-state index contributed by atoms with van der Waals surface area (Å²) in [6.07, 6.45) is 0.321. The monoisotopic (exact) mass is 308 g/mol. The number of primary amides is 1. The summed E-state index contributed by atoms with van der Waals surface area (Å²) in [5.41, 5.74) is 4.58. The summed E-state index contributed by atoms with van der Waals surface area (Å²) >= 11 is 0. The van der Waals surface area contributed by atoms with Crippen molar-refractivity contribution in [1.82, 2.24) is 5.32 Å². The number of nitrogens with one attached hydrogen (secondary N) is 1. The van der Waals surface area contributed by atoms with Crippen LogP contribution in [0.15, 0.2) is 24.3 Å². The van der Waals surface area contributed by atoms with Crippen LogP contribution in [0, 0.1) is 5.41 Å². The zero-order chi connectivity index (χ0) is 16.8. The second-order valence-electron chi connectivity index (χ2n) is 5.47. The first kappa shape index (κ1) is 17.5. The number of aliphatic carboxylic acids is 1. The number of hydrogen-bond donors (Lipinski definition) is 3. The summed E-state index contributed by atoms with van der Waals surface area (Å²) in [5, 5.41) is 11.5. The third kappa shape index (κ3) is 5.43. The summed E-state index contributed by atoms with van der Waals surface area (Å²) in [4.78, 5) is 33.4. The largest absolute Gasteiger partial charge is 0.484 e. The second-order valence-corrected chi connectivity index (χ2v) is 5.47. The highest BCUT2D eigenvalue weighted by Crippen LogP contribution is 2.19. The van der Waals surface area contributed by atoms with Gasteiger partial charge in [0.1, 0.15) is 5.75 Å². The molecule has 0 aromatic heterocycles. The molecule has 7 heteroatoms. The average molecular weight is 308 g/mol. The Bertz CT molecular complexity index is 552. The molecule has 0 atom stereocenters. The van der Waals surface area contributed by atoms with Crippen molar-refractivity contribution in [2.45, 2.75) is 20.3 Å². The van der Waals surface area contributed by atoms with Gasteiger partial charge < -0.3 is 20.9 Å². The van der Waals surface area contributed by atoms with Crippen molar-refractivity contribution in [3.63, 3.8) is 0 Å². The van der Waals surface area contributed by atoms with Crippen molar-refractivity contribution in [2.24, 2.45) is 11.1 Å². The summed E-state index contributed by atoms with van der Waals surface area (Å²) < 4.78 is 5.25. The van der Waals surface area contributed by atoms with Crippen LogP contribution < -0.4 is 15.8 Å². The highest BCUT2D eigenvalue weighted by atomic mass is 16.5. The molecular formula is C15H20N2O5. The average Bonchev–Trinajstić information content (AvgIpc) is 2.45. The van der Waals surface area contributed by atoms with E-state index in [2.05, 4.69) is 5.32 Å². The lowest BCUT2D eigenvalue weighted by atomic mass is 9.90. The molecule has 4 N–H and O–H groups in total. The molecule has 0 spiro atoms. The molecule has 2 amide bonds. The first-order chi connectivity index (χ1) is 10.2. The van der Waals surface area contributed by atoms with E-state index in [9.17, 15) is 14.4 Å². The summed E-state index contributed by atoms with van der Waals surface area (Å²) in [6, 6.07) is 6.09. The molecule has 0 aliphatic carbocycles. The topological polar surface area (TPSA) is 119 Å². The normalized spacial score (nSPS) is 10.8. The van der Waals surface area contributed by atoms with Gasteiger partial charge in [-0.05, 0) is 44.5 Å². The quantitative estimate of drug-likeness (QED) is 0.655. The van der Waals surface area contributed by atoms with Gasteiger partial charge in [0.05, 0.1) is 5.41 Å². The lowest BCUT2D eigenvalue weighted by Gasteiger charge is -2.18. The van der Waals surface area contributed by atoms with E-state index in [0.717, 1.165) is 0 Å². The minimum absolute atomic E-state index is 0.191. The van der Waals surface area contributed by atoms with Crippen molar-refractivity contribution < 1.29 is 24.2 Å². The van der Waals surface area contributed by atoms with Crippen LogP contribution in [0.25, 0.3) is 0 Å². The molecule has 0 unspecified atom stereocenters. The Labute approximate surface area is 128 Å². The molecule has 0 radical (unpaired) electrons. The van der Waals surface area contributed by atoms with E-state index in [1.54, 1.807) is 26.0 Å². The van der Waals surface area contributed by atoms with Crippen molar-refractivity contribution in [3.05, 3.63) is 29.8 Å². The van der Waals surface area contributed by atoms with Crippen LogP contribution in [-0.2, 0) is 9.59 Å². The van der Waals surface area contributed by atoms with Crippen LogP contribution >= 0.6 is 0 Å². The smallest absolute Gasteiger partial charge is 0.309 e. The lowest BCUT2D eigenvalue weighted by molar-refractivity contribution is -0.147. The van der Waals surface area contributed by atoms with Crippen LogP contribution in [-0.4, -0.2) is 36.0 Å². The first-order valence-electron chi connectivity index (χ1n) is 6.75. The number of amides is 2. The maximum Gasteiger partial charge on any atom is 0.309 e. The van der Waals surface area contributed by atoms with E-state index in [1.807, 2.05) is 0 Å². The number of carboxylic acids is 1. The van der Waals surface area contributed by atoms with E-state index < -0.39 is 17.3 Å². The number of benzene rings is 1. The molecule has 1 rings (SSSR count). The zero-order valence-corrected chi connectivity index (χ0v) is 12.6. The number of carboxylic acid groups (broad SMARTS) is 1. The molecule has 1 aromatic rings. The molecule has 7 nitrogen and oxygen atoms in total. The van der Waals surface area contributed by atoms with Crippen LogP contribution in [0.3, 0.4) is 0 Å². The summed E-state index contributed by atoms with van der Waals surface area (Å²) in [7, 11) is 0. The van der Waals surface area contributed by atoms with Crippen LogP contribution in [0.1, 0.15) is 30.6 Å². The molecule has 0 saturated carbocycles. The number of hydrogen-bond acceptors (Lipinski definition) is 4. The van der Waals surface area contributed by atoms with E-state index in [0.29, 0.717) is 17.7 Å². The van der Waals surface area contributed by atoms with Gasteiger partial charge in [-0.25, -0.2) is 0 Å². The SMILES string of the molecule is CC(C)(CCNC(=O)COc1ccc(C(N)=O)cc1)C(=O)O. The first-order valence-corrected chi connectivity index (χ1v) is 6.75. The molecule has 1 aromatic carbocycles. The Morgan fingerprint density at radius 2 is 1.82 bits per heavy atom. The molecule has 0 aliphatic heterocycles.